The molecule has 0 aromatic heterocycles. The third-order valence-electron chi connectivity index (χ3n) is 1.89. The van der Waals surface area contributed by atoms with Crippen LogP contribution in [0.2, 0.25) is 0 Å². The van der Waals surface area contributed by atoms with Crippen LogP contribution < -0.4 is 5.48 Å². The van der Waals surface area contributed by atoms with Gasteiger partial charge in [-0.3, -0.25) is 9.63 Å². The lowest BCUT2D eigenvalue weighted by molar-refractivity contribution is -0.144. The molecule has 0 spiro atoms. The highest BCUT2D eigenvalue weighted by Gasteiger charge is 2.06. The second-order valence-corrected chi connectivity index (χ2v) is 4.11. The van der Waals surface area contributed by atoms with E-state index in [1.807, 2.05) is 18.4 Å². The molecule has 0 bridgehead atoms. The molecule has 17 heavy (non-hydrogen) atoms. The lowest BCUT2D eigenvalue weighted by Crippen LogP contribution is -2.26. The molecule has 1 amide bonds. The number of carbonyl (C=O) groups is 2. The van der Waals surface area contributed by atoms with E-state index in [4.69, 9.17) is 5.11 Å². The molecule has 0 aliphatic rings. The number of aliphatic carboxylic acids is 1. The van der Waals surface area contributed by atoms with E-state index < -0.39 is 18.5 Å². The highest BCUT2D eigenvalue weighted by atomic mass is 32.2. The van der Waals surface area contributed by atoms with Gasteiger partial charge in [-0.2, -0.15) is 11.8 Å². The molecule has 5 nitrogen and oxygen atoms in total. The summed E-state index contributed by atoms with van der Waals surface area (Å²) in [6.45, 7) is -0.559. The van der Waals surface area contributed by atoms with Gasteiger partial charge < -0.3 is 5.11 Å². The summed E-state index contributed by atoms with van der Waals surface area (Å²) >= 11 is 1.70. The molecule has 0 aliphatic carbocycles. The molecular weight excluding hydrogens is 242 g/mol. The number of carboxylic acid groups (broad SMARTS) is 1. The summed E-state index contributed by atoms with van der Waals surface area (Å²) in [7, 11) is 0. The third-order valence-corrected chi connectivity index (χ3v) is 2.51. The Labute approximate surface area is 103 Å². The van der Waals surface area contributed by atoms with Crippen molar-refractivity contribution < 1.29 is 19.5 Å². The van der Waals surface area contributed by atoms with E-state index in [0.717, 1.165) is 11.3 Å². The Morgan fingerprint density at radius 1 is 1.35 bits per heavy atom. The van der Waals surface area contributed by atoms with Crippen molar-refractivity contribution in [3.8, 4) is 0 Å². The van der Waals surface area contributed by atoms with Crippen LogP contribution in [0.25, 0.3) is 0 Å². The summed E-state index contributed by atoms with van der Waals surface area (Å²) in [5.41, 5.74) is 3.61. The number of carbonyl (C=O) groups excluding carboxylic acids is 1. The minimum Gasteiger partial charge on any atom is -0.479 e. The fourth-order valence-corrected chi connectivity index (χ4v) is 1.67. The first-order chi connectivity index (χ1) is 8.13. The summed E-state index contributed by atoms with van der Waals surface area (Å²) in [5.74, 6) is -0.709. The van der Waals surface area contributed by atoms with Crippen molar-refractivity contribution in [1.82, 2.24) is 5.48 Å². The first-order valence-corrected chi connectivity index (χ1v) is 6.24. The van der Waals surface area contributed by atoms with Crippen LogP contribution in [0.5, 0.6) is 0 Å². The lowest BCUT2D eigenvalue weighted by Gasteiger charge is -2.04. The second kappa shape index (κ2) is 6.93. The number of benzene rings is 1. The zero-order chi connectivity index (χ0) is 12.7. The molecule has 0 fully saturated rings. The Morgan fingerprint density at radius 2 is 2.00 bits per heavy atom. The first-order valence-electron chi connectivity index (χ1n) is 4.85. The van der Waals surface area contributed by atoms with Gasteiger partial charge in [-0.15, -0.1) is 0 Å². The molecule has 0 unspecified atom stereocenters. The summed E-state index contributed by atoms with van der Waals surface area (Å²) in [5, 5.41) is 8.31. The van der Waals surface area contributed by atoms with Crippen LogP contribution in [0.4, 0.5) is 0 Å². The Bertz CT molecular complexity index is 391. The number of hydroxylamine groups is 1. The number of hydrogen-bond acceptors (Lipinski definition) is 4. The highest BCUT2D eigenvalue weighted by molar-refractivity contribution is 7.97. The van der Waals surface area contributed by atoms with Crippen LogP contribution in [0.15, 0.2) is 24.3 Å². The number of nitrogens with one attached hydrogen (secondary N) is 1. The van der Waals surface area contributed by atoms with Crippen molar-refractivity contribution in [3.63, 3.8) is 0 Å². The Morgan fingerprint density at radius 3 is 2.53 bits per heavy atom. The average Bonchev–Trinajstić information content (AvgIpc) is 2.30. The van der Waals surface area contributed by atoms with Gasteiger partial charge in [-0.25, -0.2) is 10.3 Å². The van der Waals surface area contributed by atoms with Gasteiger partial charge in [0.05, 0.1) is 0 Å². The van der Waals surface area contributed by atoms with Crippen molar-refractivity contribution >= 4 is 23.6 Å². The van der Waals surface area contributed by atoms with Gasteiger partial charge >= 0.3 is 5.97 Å². The van der Waals surface area contributed by atoms with Crippen LogP contribution in [0, 0.1) is 0 Å². The summed E-state index contributed by atoms with van der Waals surface area (Å²) in [6.07, 6.45) is 2.00. The number of hydrogen-bond donors (Lipinski definition) is 2. The first kappa shape index (κ1) is 13.5. The fourth-order valence-electron chi connectivity index (χ4n) is 1.14. The zero-order valence-electron chi connectivity index (χ0n) is 9.30. The van der Waals surface area contributed by atoms with Crippen molar-refractivity contribution in [2.75, 3.05) is 12.9 Å². The molecule has 1 aromatic carbocycles. The molecule has 1 rings (SSSR count). The minimum atomic E-state index is -1.14. The van der Waals surface area contributed by atoms with Gasteiger partial charge in [0.2, 0.25) is 0 Å². The largest absolute Gasteiger partial charge is 0.479 e. The highest BCUT2D eigenvalue weighted by Crippen LogP contribution is 2.10. The molecule has 1 aromatic rings. The molecule has 0 aliphatic heterocycles. The second-order valence-electron chi connectivity index (χ2n) is 3.24. The minimum absolute atomic E-state index is 0.431. The van der Waals surface area contributed by atoms with Gasteiger partial charge in [-0.1, -0.05) is 12.1 Å². The molecule has 0 radical (unpaired) electrons. The van der Waals surface area contributed by atoms with Crippen molar-refractivity contribution in [2.24, 2.45) is 0 Å². The summed E-state index contributed by atoms with van der Waals surface area (Å²) in [4.78, 5) is 26.1. The van der Waals surface area contributed by atoms with Crippen molar-refractivity contribution in [2.45, 2.75) is 5.75 Å². The van der Waals surface area contributed by atoms with Crippen molar-refractivity contribution in [3.05, 3.63) is 35.4 Å². The maximum Gasteiger partial charge on any atom is 0.332 e. The lowest BCUT2D eigenvalue weighted by atomic mass is 10.1. The quantitative estimate of drug-likeness (QED) is 0.749. The SMILES string of the molecule is CSCc1ccc(C(=O)NOCC(=O)O)cc1. The van der Waals surface area contributed by atoms with Crippen LogP contribution >= 0.6 is 11.8 Å². The van der Waals surface area contributed by atoms with E-state index in [1.165, 1.54) is 0 Å². The van der Waals surface area contributed by atoms with Crippen LogP contribution in [0.1, 0.15) is 15.9 Å². The van der Waals surface area contributed by atoms with E-state index in [9.17, 15) is 9.59 Å². The molecule has 92 valence electrons. The molecule has 0 atom stereocenters. The number of thioether (sulfide) groups is 1. The van der Waals surface area contributed by atoms with E-state index in [-0.39, 0.29) is 0 Å². The number of carboxylic acids is 1. The van der Waals surface area contributed by atoms with E-state index >= 15 is 0 Å². The fraction of sp³-hybridized carbons (Fsp3) is 0.273. The van der Waals surface area contributed by atoms with Gasteiger partial charge in [0.15, 0.2) is 6.61 Å². The Hall–Kier alpha value is -1.53. The molecule has 0 saturated heterocycles. The number of amides is 1. The van der Waals surface area contributed by atoms with Gasteiger partial charge in [0.25, 0.3) is 5.91 Å². The summed E-state index contributed by atoms with van der Waals surface area (Å²) < 4.78 is 0. The van der Waals surface area contributed by atoms with E-state index in [2.05, 4.69) is 10.3 Å². The maximum absolute atomic E-state index is 11.5. The van der Waals surface area contributed by atoms with Crippen LogP contribution in [0.3, 0.4) is 0 Å². The van der Waals surface area contributed by atoms with E-state index in [0.29, 0.717) is 5.56 Å². The number of rotatable bonds is 6. The average molecular weight is 255 g/mol. The van der Waals surface area contributed by atoms with Gasteiger partial charge in [0, 0.05) is 11.3 Å². The maximum atomic E-state index is 11.5. The summed E-state index contributed by atoms with van der Waals surface area (Å²) in [6, 6.07) is 7.04. The third kappa shape index (κ3) is 4.88. The molecular formula is C11H13NO4S. The normalized spacial score (nSPS) is 9.94. The Balaban J connectivity index is 2.48. The van der Waals surface area contributed by atoms with Gasteiger partial charge in [-0.05, 0) is 24.0 Å². The van der Waals surface area contributed by atoms with Crippen LogP contribution in [-0.4, -0.2) is 29.8 Å². The predicted molar refractivity (Wildman–Crippen MR) is 64.7 cm³/mol. The molecule has 0 heterocycles. The smallest absolute Gasteiger partial charge is 0.332 e. The topological polar surface area (TPSA) is 75.6 Å². The molecule has 2 N–H and O–H groups in total. The Kier molecular flexibility index (Phi) is 5.51. The van der Waals surface area contributed by atoms with Gasteiger partial charge in [0.1, 0.15) is 0 Å². The van der Waals surface area contributed by atoms with Crippen LogP contribution in [-0.2, 0) is 15.4 Å². The monoisotopic (exact) mass is 255 g/mol. The van der Waals surface area contributed by atoms with Crippen molar-refractivity contribution in [1.29, 1.82) is 0 Å². The van der Waals surface area contributed by atoms with E-state index in [1.54, 1.807) is 23.9 Å². The zero-order valence-corrected chi connectivity index (χ0v) is 10.1. The molecule has 0 saturated carbocycles. The standard InChI is InChI=1S/C11H13NO4S/c1-17-7-8-2-4-9(5-3-8)11(15)12-16-6-10(13)14/h2-5H,6-7H2,1H3,(H,12,15)(H,13,14). The molecule has 6 heteroatoms. The predicted octanol–water partition coefficient (Wildman–Crippen LogP) is 1.30.